The fourth-order valence-corrected chi connectivity index (χ4v) is 2.06. The highest BCUT2D eigenvalue weighted by atomic mass is 79.9. The zero-order chi connectivity index (χ0) is 13.1. The Bertz CT molecular complexity index is 640. The maximum atomic E-state index is 8.78. The van der Waals surface area contributed by atoms with Crippen LogP contribution in [0.1, 0.15) is 5.56 Å². The summed E-state index contributed by atoms with van der Waals surface area (Å²) in [6.45, 7) is 0. The van der Waals surface area contributed by atoms with Gasteiger partial charge in [0.15, 0.2) is 0 Å². The molecule has 0 fully saturated rings. The second-order valence-corrected chi connectivity index (χ2v) is 4.96. The highest BCUT2D eigenvalue weighted by Crippen LogP contribution is 2.36. The molecule has 6 heteroatoms. The lowest BCUT2D eigenvalue weighted by Gasteiger charge is -2.08. The van der Waals surface area contributed by atoms with E-state index < -0.39 is 0 Å². The van der Waals surface area contributed by atoms with Crippen molar-refractivity contribution >= 4 is 39.1 Å². The van der Waals surface area contributed by atoms with Crippen molar-refractivity contribution in [2.75, 3.05) is 0 Å². The van der Waals surface area contributed by atoms with Crippen LogP contribution in [0.15, 0.2) is 34.9 Å². The van der Waals surface area contributed by atoms with Crippen molar-refractivity contribution in [1.82, 2.24) is 4.98 Å². The molecule has 0 unspecified atom stereocenters. The van der Waals surface area contributed by atoms with Gasteiger partial charge in [-0.15, -0.1) is 0 Å². The van der Waals surface area contributed by atoms with Gasteiger partial charge in [0.2, 0.25) is 5.88 Å². The monoisotopic (exact) mass is 342 g/mol. The molecule has 0 N–H and O–H groups in total. The van der Waals surface area contributed by atoms with Gasteiger partial charge in [-0.05, 0) is 28.1 Å². The average molecular weight is 344 g/mol. The summed E-state index contributed by atoms with van der Waals surface area (Å²) in [7, 11) is 0. The molecule has 0 saturated heterocycles. The molecule has 1 aromatic carbocycles. The Morgan fingerprint density at radius 2 is 2.00 bits per heavy atom. The first-order valence-electron chi connectivity index (χ1n) is 4.78. The highest BCUT2D eigenvalue weighted by Gasteiger charge is 2.08. The Hall–Kier alpha value is -1.28. The molecule has 1 heterocycles. The van der Waals surface area contributed by atoms with Gasteiger partial charge in [0.1, 0.15) is 5.75 Å². The normalized spacial score (nSPS) is 9.89. The zero-order valence-corrected chi connectivity index (χ0v) is 11.9. The van der Waals surface area contributed by atoms with Crippen molar-refractivity contribution in [3.8, 4) is 17.7 Å². The lowest BCUT2D eigenvalue weighted by atomic mass is 10.3. The number of pyridine rings is 1. The fourth-order valence-electron chi connectivity index (χ4n) is 1.23. The quantitative estimate of drug-likeness (QED) is 0.734. The van der Waals surface area contributed by atoms with Crippen LogP contribution in [0.5, 0.6) is 11.6 Å². The average Bonchev–Trinajstić information content (AvgIpc) is 2.36. The third kappa shape index (κ3) is 2.94. The van der Waals surface area contributed by atoms with E-state index in [4.69, 9.17) is 33.2 Å². The number of hydrogen-bond donors (Lipinski definition) is 0. The van der Waals surface area contributed by atoms with Gasteiger partial charge in [-0.2, -0.15) is 5.26 Å². The smallest absolute Gasteiger partial charge is 0.220 e. The Kier molecular flexibility index (Phi) is 4.07. The first-order valence-corrected chi connectivity index (χ1v) is 6.33. The molecular formula is C12H5BrCl2N2O. The van der Waals surface area contributed by atoms with Crippen molar-refractivity contribution in [3.05, 3.63) is 50.5 Å². The number of nitriles is 1. The molecule has 2 rings (SSSR count). The number of hydrogen-bond acceptors (Lipinski definition) is 3. The van der Waals surface area contributed by atoms with Gasteiger partial charge in [-0.3, -0.25) is 0 Å². The molecule has 0 spiro atoms. The second kappa shape index (κ2) is 5.57. The molecule has 0 saturated carbocycles. The van der Waals surface area contributed by atoms with Crippen LogP contribution >= 0.6 is 39.1 Å². The van der Waals surface area contributed by atoms with Crippen LogP contribution in [0.25, 0.3) is 0 Å². The molecule has 0 aliphatic carbocycles. The standard InChI is InChI=1S/C12H5BrCl2N2O/c13-8-4-10(15)11(5-9(8)14)18-12-3-7(6-16)1-2-17-12/h1-5H. The van der Waals surface area contributed by atoms with E-state index in [1.807, 2.05) is 6.07 Å². The molecule has 18 heavy (non-hydrogen) atoms. The third-order valence-corrected chi connectivity index (χ3v) is 3.55. The van der Waals surface area contributed by atoms with E-state index in [0.717, 1.165) is 0 Å². The zero-order valence-electron chi connectivity index (χ0n) is 8.82. The first-order chi connectivity index (χ1) is 8.60. The van der Waals surface area contributed by atoms with E-state index in [1.54, 1.807) is 18.2 Å². The van der Waals surface area contributed by atoms with Crippen molar-refractivity contribution in [2.24, 2.45) is 0 Å². The van der Waals surface area contributed by atoms with E-state index in [9.17, 15) is 0 Å². The summed E-state index contributed by atoms with van der Waals surface area (Å²) in [5, 5.41) is 9.65. The van der Waals surface area contributed by atoms with Gasteiger partial charge in [-0.25, -0.2) is 4.98 Å². The SMILES string of the molecule is N#Cc1ccnc(Oc2cc(Cl)c(Br)cc2Cl)c1. The molecule has 0 radical (unpaired) electrons. The molecule has 0 atom stereocenters. The minimum Gasteiger partial charge on any atom is -0.437 e. The largest absolute Gasteiger partial charge is 0.437 e. The molecule has 90 valence electrons. The summed E-state index contributed by atoms with van der Waals surface area (Å²) in [5.41, 5.74) is 0.458. The topological polar surface area (TPSA) is 45.9 Å². The summed E-state index contributed by atoms with van der Waals surface area (Å²) >= 11 is 15.2. The van der Waals surface area contributed by atoms with Crippen molar-refractivity contribution in [2.45, 2.75) is 0 Å². The summed E-state index contributed by atoms with van der Waals surface area (Å²) in [4.78, 5) is 3.99. The van der Waals surface area contributed by atoms with E-state index >= 15 is 0 Å². The number of benzene rings is 1. The summed E-state index contributed by atoms with van der Waals surface area (Å²) in [5.74, 6) is 0.668. The van der Waals surface area contributed by atoms with Crippen molar-refractivity contribution in [1.29, 1.82) is 5.26 Å². The Morgan fingerprint density at radius 3 is 2.72 bits per heavy atom. The lowest BCUT2D eigenvalue weighted by Crippen LogP contribution is -1.89. The number of nitrogens with zero attached hydrogens (tertiary/aromatic N) is 2. The van der Waals surface area contributed by atoms with Crippen LogP contribution in [-0.2, 0) is 0 Å². The van der Waals surface area contributed by atoms with E-state index in [2.05, 4.69) is 20.9 Å². The summed E-state index contributed by atoms with van der Waals surface area (Å²) < 4.78 is 6.17. The molecule has 1 aromatic heterocycles. The van der Waals surface area contributed by atoms with E-state index in [0.29, 0.717) is 25.8 Å². The van der Waals surface area contributed by atoms with Crippen LogP contribution < -0.4 is 4.74 Å². The Balaban J connectivity index is 2.34. The maximum absolute atomic E-state index is 8.78. The minimum atomic E-state index is 0.286. The predicted octanol–water partition coefficient (Wildman–Crippen LogP) is 4.81. The van der Waals surface area contributed by atoms with Gasteiger partial charge in [0.05, 0.1) is 21.7 Å². The van der Waals surface area contributed by atoms with Gasteiger partial charge in [0.25, 0.3) is 0 Å². The minimum absolute atomic E-state index is 0.286. The fraction of sp³-hybridized carbons (Fsp3) is 0. The molecule has 0 aliphatic heterocycles. The van der Waals surface area contributed by atoms with E-state index in [-0.39, 0.29) is 5.88 Å². The molecule has 0 aliphatic rings. The third-order valence-electron chi connectivity index (χ3n) is 2.05. The van der Waals surface area contributed by atoms with Gasteiger partial charge >= 0.3 is 0 Å². The number of ether oxygens (including phenoxy) is 1. The summed E-state index contributed by atoms with van der Waals surface area (Å²) in [6, 6.07) is 8.32. The van der Waals surface area contributed by atoms with E-state index in [1.165, 1.54) is 12.3 Å². The van der Waals surface area contributed by atoms with Crippen LogP contribution in [0.3, 0.4) is 0 Å². The molecular weight excluding hydrogens is 339 g/mol. The molecule has 2 aromatic rings. The molecule has 0 amide bonds. The molecule has 0 bridgehead atoms. The van der Waals surface area contributed by atoms with Gasteiger partial charge in [0, 0.05) is 22.8 Å². The molecule has 3 nitrogen and oxygen atoms in total. The van der Waals surface area contributed by atoms with Crippen LogP contribution in [0.4, 0.5) is 0 Å². The highest BCUT2D eigenvalue weighted by molar-refractivity contribution is 9.10. The Labute approximate surface area is 122 Å². The maximum Gasteiger partial charge on any atom is 0.220 e. The second-order valence-electron chi connectivity index (χ2n) is 3.29. The van der Waals surface area contributed by atoms with Crippen LogP contribution in [0, 0.1) is 11.3 Å². The van der Waals surface area contributed by atoms with Crippen molar-refractivity contribution in [3.63, 3.8) is 0 Å². The van der Waals surface area contributed by atoms with Gasteiger partial charge in [-0.1, -0.05) is 23.2 Å². The number of aromatic nitrogens is 1. The lowest BCUT2D eigenvalue weighted by molar-refractivity contribution is 0.463. The predicted molar refractivity (Wildman–Crippen MR) is 73.2 cm³/mol. The number of rotatable bonds is 2. The summed E-state index contributed by atoms with van der Waals surface area (Å²) in [6.07, 6.45) is 1.49. The Morgan fingerprint density at radius 1 is 1.22 bits per heavy atom. The first kappa shape index (κ1) is 13.2. The van der Waals surface area contributed by atoms with Gasteiger partial charge < -0.3 is 4.74 Å². The van der Waals surface area contributed by atoms with Crippen molar-refractivity contribution < 1.29 is 4.74 Å². The van der Waals surface area contributed by atoms with Crippen LogP contribution in [0.2, 0.25) is 10.0 Å². The number of halogens is 3. The van der Waals surface area contributed by atoms with Crippen LogP contribution in [-0.4, -0.2) is 4.98 Å².